The Morgan fingerprint density at radius 1 is 1.43 bits per heavy atom. The van der Waals surface area contributed by atoms with Crippen LogP contribution in [0.15, 0.2) is 27.4 Å². The van der Waals surface area contributed by atoms with Gasteiger partial charge in [-0.05, 0) is 12.1 Å². The van der Waals surface area contributed by atoms with Crippen LogP contribution >= 0.6 is 11.6 Å². The molecule has 1 aromatic carbocycles. The first kappa shape index (κ1) is 15.1. The molecule has 0 aliphatic rings. The molecule has 0 saturated carbocycles. The van der Waals surface area contributed by atoms with Crippen LogP contribution in [0.3, 0.4) is 0 Å². The number of primary amides is 1. The lowest BCUT2D eigenvalue weighted by atomic mass is 10.3. The number of hydrogen-bond donors (Lipinski definition) is 1. The van der Waals surface area contributed by atoms with Gasteiger partial charge in [-0.2, -0.15) is 0 Å². The van der Waals surface area contributed by atoms with Crippen molar-refractivity contribution in [2.24, 2.45) is 5.73 Å². The van der Waals surface area contributed by atoms with E-state index in [4.69, 9.17) is 21.8 Å². The SMILES string of the molecule is CN(CC(N)=O)C(=O)CCn1c(=O)oc2cc(Cl)ccc21. The number of aryl methyl sites for hydroxylation is 1. The molecule has 0 fully saturated rings. The lowest BCUT2D eigenvalue weighted by Gasteiger charge is -2.14. The van der Waals surface area contributed by atoms with Gasteiger partial charge in [0.1, 0.15) is 0 Å². The number of hydrogen-bond acceptors (Lipinski definition) is 4. The van der Waals surface area contributed by atoms with Gasteiger partial charge in [0.2, 0.25) is 11.8 Å². The highest BCUT2D eigenvalue weighted by molar-refractivity contribution is 6.31. The quantitative estimate of drug-likeness (QED) is 0.873. The van der Waals surface area contributed by atoms with Crippen LogP contribution in [0, 0.1) is 0 Å². The van der Waals surface area contributed by atoms with Gasteiger partial charge in [0.05, 0.1) is 12.1 Å². The number of fused-ring (bicyclic) bond motifs is 1. The molecule has 0 unspecified atom stereocenters. The zero-order valence-corrected chi connectivity index (χ0v) is 12.1. The zero-order chi connectivity index (χ0) is 15.6. The molecule has 2 aromatic rings. The van der Waals surface area contributed by atoms with E-state index >= 15 is 0 Å². The predicted molar refractivity (Wildman–Crippen MR) is 76.9 cm³/mol. The highest BCUT2D eigenvalue weighted by atomic mass is 35.5. The van der Waals surface area contributed by atoms with Gasteiger partial charge in [-0.1, -0.05) is 11.6 Å². The number of rotatable bonds is 5. The maximum absolute atomic E-state index is 11.8. The molecule has 0 saturated heterocycles. The van der Waals surface area contributed by atoms with Crippen LogP contribution in [-0.2, 0) is 16.1 Å². The second-order valence-electron chi connectivity index (χ2n) is 4.60. The Labute approximate surface area is 124 Å². The molecule has 8 heteroatoms. The van der Waals surface area contributed by atoms with E-state index in [2.05, 4.69) is 0 Å². The third-order valence-electron chi connectivity index (χ3n) is 3.00. The molecule has 1 aromatic heterocycles. The molecule has 1 heterocycles. The van der Waals surface area contributed by atoms with Crippen molar-refractivity contribution in [3.63, 3.8) is 0 Å². The molecule has 2 N–H and O–H groups in total. The van der Waals surface area contributed by atoms with Crippen molar-refractivity contribution in [1.29, 1.82) is 0 Å². The Balaban J connectivity index is 2.14. The number of benzene rings is 1. The fourth-order valence-electron chi connectivity index (χ4n) is 1.97. The van der Waals surface area contributed by atoms with E-state index in [0.717, 1.165) is 0 Å². The Hall–Kier alpha value is -2.28. The fraction of sp³-hybridized carbons (Fsp3) is 0.308. The molecule has 0 atom stereocenters. The average molecular weight is 312 g/mol. The fourth-order valence-corrected chi connectivity index (χ4v) is 2.13. The van der Waals surface area contributed by atoms with Gasteiger partial charge >= 0.3 is 5.76 Å². The summed E-state index contributed by atoms with van der Waals surface area (Å²) in [5, 5.41) is 0.459. The maximum Gasteiger partial charge on any atom is 0.419 e. The number of halogens is 1. The van der Waals surface area contributed by atoms with Gasteiger partial charge in [-0.3, -0.25) is 14.2 Å². The summed E-state index contributed by atoms with van der Waals surface area (Å²) in [5.74, 6) is -1.44. The van der Waals surface area contributed by atoms with Crippen LogP contribution in [-0.4, -0.2) is 34.9 Å². The smallest absolute Gasteiger partial charge is 0.408 e. The molecular weight excluding hydrogens is 298 g/mol. The average Bonchev–Trinajstić information content (AvgIpc) is 2.69. The van der Waals surface area contributed by atoms with Crippen molar-refractivity contribution in [2.45, 2.75) is 13.0 Å². The number of nitrogens with two attached hydrogens (primary N) is 1. The Kier molecular flexibility index (Phi) is 4.32. The van der Waals surface area contributed by atoms with Gasteiger partial charge in [0, 0.05) is 31.1 Å². The van der Waals surface area contributed by atoms with Gasteiger partial charge in [-0.15, -0.1) is 0 Å². The summed E-state index contributed by atoms with van der Waals surface area (Å²) in [7, 11) is 1.48. The number of amides is 2. The number of carbonyl (C=O) groups is 2. The number of likely N-dealkylation sites (N-methyl/N-ethyl adjacent to an activating group) is 1. The van der Waals surface area contributed by atoms with E-state index in [1.807, 2.05) is 0 Å². The predicted octanol–water partition coefficient (Wildman–Crippen LogP) is 0.582. The van der Waals surface area contributed by atoms with Crippen molar-refractivity contribution in [2.75, 3.05) is 13.6 Å². The largest absolute Gasteiger partial charge is 0.419 e. The third kappa shape index (κ3) is 3.43. The number of aromatic nitrogens is 1. The maximum atomic E-state index is 11.8. The lowest BCUT2D eigenvalue weighted by molar-refractivity contribution is -0.134. The van der Waals surface area contributed by atoms with Gasteiger partial charge in [-0.25, -0.2) is 4.79 Å². The lowest BCUT2D eigenvalue weighted by Crippen LogP contribution is -2.36. The molecule has 21 heavy (non-hydrogen) atoms. The van der Waals surface area contributed by atoms with Gasteiger partial charge < -0.3 is 15.1 Å². The molecule has 0 spiro atoms. The minimum Gasteiger partial charge on any atom is -0.408 e. The van der Waals surface area contributed by atoms with E-state index in [0.29, 0.717) is 16.1 Å². The third-order valence-corrected chi connectivity index (χ3v) is 3.23. The monoisotopic (exact) mass is 311 g/mol. The van der Waals surface area contributed by atoms with E-state index < -0.39 is 11.7 Å². The van der Waals surface area contributed by atoms with Gasteiger partial charge in [0.15, 0.2) is 5.58 Å². The van der Waals surface area contributed by atoms with E-state index in [1.54, 1.807) is 12.1 Å². The molecular formula is C13H14ClN3O4. The first-order valence-corrected chi connectivity index (χ1v) is 6.57. The van der Waals surface area contributed by atoms with E-state index in [9.17, 15) is 14.4 Å². The number of carbonyl (C=O) groups excluding carboxylic acids is 2. The highest BCUT2D eigenvalue weighted by Gasteiger charge is 2.14. The van der Waals surface area contributed by atoms with Crippen molar-refractivity contribution in [3.8, 4) is 0 Å². The molecule has 0 aliphatic heterocycles. The molecule has 0 aliphatic carbocycles. The summed E-state index contributed by atoms with van der Waals surface area (Å²) in [6, 6.07) is 4.83. The van der Waals surface area contributed by atoms with Crippen LogP contribution < -0.4 is 11.5 Å². The Morgan fingerprint density at radius 2 is 2.14 bits per heavy atom. The summed E-state index contributed by atoms with van der Waals surface area (Å²) in [6.45, 7) is -0.00905. The van der Waals surface area contributed by atoms with E-state index in [1.165, 1.54) is 22.6 Å². The Bertz CT molecular complexity index is 749. The van der Waals surface area contributed by atoms with Crippen molar-refractivity contribution < 1.29 is 14.0 Å². The first-order chi connectivity index (χ1) is 9.88. The second-order valence-corrected chi connectivity index (χ2v) is 5.03. The molecule has 2 rings (SSSR count). The summed E-state index contributed by atoms with van der Waals surface area (Å²) in [4.78, 5) is 35.6. The molecule has 2 amide bonds. The van der Waals surface area contributed by atoms with Crippen LogP contribution in [0.1, 0.15) is 6.42 Å². The topological polar surface area (TPSA) is 98.5 Å². The summed E-state index contributed by atoms with van der Waals surface area (Å²) >= 11 is 5.82. The standard InChI is InChI=1S/C13H14ClN3O4/c1-16(7-11(15)18)12(19)4-5-17-9-3-2-8(14)6-10(9)21-13(17)20/h2-3,6H,4-5,7H2,1H3,(H2,15,18). The number of nitrogens with zero attached hydrogens (tertiary/aromatic N) is 2. The van der Waals surface area contributed by atoms with Crippen LogP contribution in [0.25, 0.3) is 11.1 Å². The highest BCUT2D eigenvalue weighted by Crippen LogP contribution is 2.18. The molecule has 0 bridgehead atoms. The minimum absolute atomic E-state index is 0.0565. The van der Waals surface area contributed by atoms with E-state index in [-0.39, 0.29) is 25.4 Å². The zero-order valence-electron chi connectivity index (χ0n) is 11.3. The van der Waals surface area contributed by atoms with Crippen LogP contribution in [0.4, 0.5) is 0 Å². The molecule has 112 valence electrons. The summed E-state index contributed by atoms with van der Waals surface area (Å²) in [6.07, 6.45) is 0.0565. The van der Waals surface area contributed by atoms with Crippen molar-refractivity contribution in [1.82, 2.24) is 9.47 Å². The molecule has 7 nitrogen and oxygen atoms in total. The van der Waals surface area contributed by atoms with Crippen molar-refractivity contribution >= 4 is 34.5 Å². The number of oxazole rings is 1. The summed E-state index contributed by atoms with van der Waals surface area (Å²) in [5.41, 5.74) is 5.95. The van der Waals surface area contributed by atoms with Crippen molar-refractivity contribution in [3.05, 3.63) is 33.8 Å². The van der Waals surface area contributed by atoms with Crippen LogP contribution in [0.2, 0.25) is 5.02 Å². The van der Waals surface area contributed by atoms with Gasteiger partial charge in [0.25, 0.3) is 0 Å². The second kappa shape index (κ2) is 6.01. The normalized spacial score (nSPS) is 10.8. The summed E-state index contributed by atoms with van der Waals surface area (Å²) < 4.78 is 6.41. The molecule has 0 radical (unpaired) electrons. The Morgan fingerprint density at radius 3 is 2.81 bits per heavy atom. The first-order valence-electron chi connectivity index (χ1n) is 6.19. The van der Waals surface area contributed by atoms with Crippen LogP contribution in [0.5, 0.6) is 0 Å². The minimum atomic E-state index is -0.591.